The van der Waals surface area contributed by atoms with Crippen molar-refractivity contribution in [2.75, 3.05) is 25.1 Å². The van der Waals surface area contributed by atoms with E-state index >= 15 is 0 Å². The lowest BCUT2D eigenvalue weighted by molar-refractivity contribution is -0.139. The molecule has 2 amide bonds. The molecule has 12 heteroatoms. The summed E-state index contributed by atoms with van der Waals surface area (Å²) >= 11 is 12.4. The van der Waals surface area contributed by atoms with Gasteiger partial charge in [-0.3, -0.25) is 13.9 Å². The largest absolute Gasteiger partial charge is 0.493 e. The first-order valence-electron chi connectivity index (χ1n) is 14.3. The Hall–Kier alpha value is -3.47. The summed E-state index contributed by atoms with van der Waals surface area (Å²) in [4.78, 5) is 28.8. The van der Waals surface area contributed by atoms with E-state index in [9.17, 15) is 18.0 Å². The number of hydrogen-bond donors (Lipinski definition) is 1. The maximum atomic E-state index is 14.2. The highest BCUT2D eigenvalue weighted by Crippen LogP contribution is 2.33. The van der Waals surface area contributed by atoms with Crippen LogP contribution in [0.2, 0.25) is 10.0 Å². The summed E-state index contributed by atoms with van der Waals surface area (Å²) in [6.45, 7) is 2.96. The summed E-state index contributed by atoms with van der Waals surface area (Å²) in [7, 11) is -1.43. The van der Waals surface area contributed by atoms with Crippen molar-refractivity contribution in [3.8, 4) is 11.5 Å². The van der Waals surface area contributed by atoms with Gasteiger partial charge in [-0.1, -0.05) is 59.8 Å². The Labute approximate surface area is 269 Å². The van der Waals surface area contributed by atoms with Gasteiger partial charge in [0.25, 0.3) is 10.0 Å². The Morgan fingerprint density at radius 1 is 0.932 bits per heavy atom. The second kappa shape index (κ2) is 14.5. The summed E-state index contributed by atoms with van der Waals surface area (Å²) < 4.78 is 40.0. The van der Waals surface area contributed by atoms with Crippen LogP contribution in [-0.2, 0) is 26.2 Å². The van der Waals surface area contributed by atoms with Gasteiger partial charge in [0.1, 0.15) is 12.6 Å². The molecule has 1 atom stereocenters. The summed E-state index contributed by atoms with van der Waals surface area (Å²) in [5, 5.41) is 3.71. The van der Waals surface area contributed by atoms with Crippen LogP contribution < -0.4 is 19.1 Å². The quantitative estimate of drug-likeness (QED) is 0.256. The fraction of sp³-hybridized carbons (Fsp3) is 0.375. The molecule has 0 radical (unpaired) electrons. The number of carbonyl (C=O) groups is 2. The molecule has 1 aliphatic rings. The number of amides is 2. The lowest BCUT2D eigenvalue weighted by Crippen LogP contribution is -2.52. The Kier molecular flexibility index (Phi) is 11.0. The number of nitrogens with zero attached hydrogens (tertiary/aromatic N) is 2. The molecule has 4 rings (SSSR count). The van der Waals surface area contributed by atoms with Gasteiger partial charge in [0.15, 0.2) is 11.5 Å². The van der Waals surface area contributed by atoms with Gasteiger partial charge in [-0.05, 0) is 68.7 Å². The third-order valence-corrected chi connectivity index (χ3v) is 10.3. The van der Waals surface area contributed by atoms with Crippen LogP contribution in [-0.4, -0.2) is 58.0 Å². The van der Waals surface area contributed by atoms with Crippen LogP contribution >= 0.6 is 23.2 Å². The van der Waals surface area contributed by atoms with Crippen molar-refractivity contribution in [1.29, 1.82) is 0 Å². The average Bonchev–Trinajstić information content (AvgIpc) is 3.53. The molecule has 1 saturated carbocycles. The van der Waals surface area contributed by atoms with E-state index in [0.29, 0.717) is 21.4 Å². The van der Waals surface area contributed by atoms with E-state index < -0.39 is 28.5 Å². The predicted molar refractivity (Wildman–Crippen MR) is 172 cm³/mol. The molecule has 236 valence electrons. The molecule has 44 heavy (non-hydrogen) atoms. The number of benzene rings is 3. The van der Waals surface area contributed by atoms with Crippen molar-refractivity contribution in [3.05, 3.63) is 81.8 Å². The maximum absolute atomic E-state index is 14.2. The third kappa shape index (κ3) is 7.78. The van der Waals surface area contributed by atoms with Gasteiger partial charge in [0.05, 0.1) is 34.8 Å². The molecule has 3 aromatic carbocycles. The number of nitrogens with one attached hydrogen (secondary N) is 1. The van der Waals surface area contributed by atoms with Gasteiger partial charge in [0.2, 0.25) is 11.8 Å². The van der Waals surface area contributed by atoms with E-state index in [1.54, 1.807) is 49.4 Å². The molecule has 1 unspecified atom stereocenters. The number of halogens is 2. The van der Waals surface area contributed by atoms with E-state index in [1.165, 1.54) is 37.3 Å². The van der Waals surface area contributed by atoms with Gasteiger partial charge in [-0.15, -0.1) is 0 Å². The number of methoxy groups -OCH3 is 2. The topological polar surface area (TPSA) is 105 Å². The van der Waals surface area contributed by atoms with E-state index in [1.807, 2.05) is 6.92 Å². The van der Waals surface area contributed by atoms with Gasteiger partial charge in [0, 0.05) is 18.7 Å². The van der Waals surface area contributed by atoms with Crippen molar-refractivity contribution in [2.45, 2.75) is 63.1 Å². The number of sulfonamides is 1. The third-order valence-electron chi connectivity index (χ3n) is 7.75. The zero-order chi connectivity index (χ0) is 32.0. The molecule has 0 spiro atoms. The second-order valence-electron chi connectivity index (χ2n) is 10.8. The lowest BCUT2D eigenvalue weighted by Gasteiger charge is -2.32. The van der Waals surface area contributed by atoms with Gasteiger partial charge >= 0.3 is 0 Å². The Bertz CT molecular complexity index is 1590. The van der Waals surface area contributed by atoms with Gasteiger partial charge in [-0.25, -0.2) is 8.42 Å². The van der Waals surface area contributed by atoms with E-state index in [4.69, 9.17) is 32.7 Å². The molecular weight excluding hydrogens is 625 g/mol. The number of anilines is 1. The maximum Gasteiger partial charge on any atom is 0.264 e. The fourth-order valence-electron chi connectivity index (χ4n) is 5.15. The highest BCUT2D eigenvalue weighted by molar-refractivity contribution is 7.92. The standard InChI is InChI=1S/C32H37Cl2N3O6S/c1-21-9-12-25(13-10-21)37(44(40,41)26-14-16-29(42-3)30(18-26)43-4)20-31(38)36(19-23-11-15-27(33)28(34)17-23)22(2)32(39)35-24-7-5-6-8-24/h9-18,22,24H,5-8,19-20H2,1-4H3,(H,35,39). The predicted octanol–water partition coefficient (Wildman–Crippen LogP) is 5.99. The number of carbonyl (C=O) groups excluding carboxylic acids is 2. The van der Waals surface area contributed by atoms with Crippen molar-refractivity contribution in [1.82, 2.24) is 10.2 Å². The molecule has 0 saturated heterocycles. The molecule has 1 aliphatic carbocycles. The first-order chi connectivity index (χ1) is 20.9. The SMILES string of the molecule is COc1ccc(S(=O)(=O)N(CC(=O)N(Cc2ccc(Cl)c(Cl)c2)C(C)C(=O)NC2CCCC2)c2ccc(C)cc2)cc1OC. The highest BCUT2D eigenvalue weighted by atomic mass is 35.5. The number of aryl methyl sites for hydroxylation is 1. The Morgan fingerprint density at radius 3 is 2.20 bits per heavy atom. The van der Waals surface area contributed by atoms with Crippen LogP contribution in [0.4, 0.5) is 5.69 Å². The molecule has 9 nitrogen and oxygen atoms in total. The summed E-state index contributed by atoms with van der Waals surface area (Å²) in [5.41, 5.74) is 1.84. The molecule has 0 heterocycles. The average molecular weight is 663 g/mol. The Balaban J connectivity index is 1.72. The molecule has 0 aliphatic heterocycles. The van der Waals surface area contributed by atoms with Crippen molar-refractivity contribution in [3.63, 3.8) is 0 Å². The minimum Gasteiger partial charge on any atom is -0.493 e. The van der Waals surface area contributed by atoms with Crippen molar-refractivity contribution >= 4 is 50.7 Å². The van der Waals surface area contributed by atoms with Gasteiger partial charge in [-0.2, -0.15) is 0 Å². The molecular formula is C32H37Cl2N3O6S. The fourth-order valence-corrected chi connectivity index (χ4v) is 6.90. The Morgan fingerprint density at radius 2 is 1.59 bits per heavy atom. The van der Waals surface area contributed by atoms with Gasteiger partial charge < -0.3 is 19.7 Å². The van der Waals surface area contributed by atoms with Crippen LogP contribution in [0.5, 0.6) is 11.5 Å². The minimum atomic E-state index is -4.29. The van der Waals surface area contributed by atoms with Crippen LogP contribution in [0.25, 0.3) is 0 Å². The van der Waals surface area contributed by atoms with Crippen LogP contribution in [0.15, 0.2) is 65.6 Å². The second-order valence-corrected chi connectivity index (χ2v) is 13.5. The zero-order valence-electron chi connectivity index (χ0n) is 25.2. The van der Waals surface area contributed by atoms with Crippen LogP contribution in [0.3, 0.4) is 0 Å². The summed E-state index contributed by atoms with van der Waals surface area (Å²) in [6.07, 6.45) is 3.82. The van der Waals surface area contributed by atoms with Crippen LogP contribution in [0.1, 0.15) is 43.7 Å². The molecule has 0 bridgehead atoms. The lowest BCUT2D eigenvalue weighted by atomic mass is 10.1. The molecule has 1 N–H and O–H groups in total. The first kappa shape index (κ1) is 33.4. The van der Waals surface area contributed by atoms with E-state index in [0.717, 1.165) is 35.6 Å². The number of hydrogen-bond acceptors (Lipinski definition) is 6. The van der Waals surface area contributed by atoms with Crippen molar-refractivity contribution < 1.29 is 27.5 Å². The molecule has 1 fully saturated rings. The van der Waals surface area contributed by atoms with Crippen LogP contribution in [0, 0.1) is 6.92 Å². The van der Waals surface area contributed by atoms with E-state index in [2.05, 4.69) is 5.32 Å². The molecule has 3 aromatic rings. The minimum absolute atomic E-state index is 0.00706. The monoisotopic (exact) mass is 661 g/mol. The smallest absolute Gasteiger partial charge is 0.264 e. The normalized spacial score (nSPS) is 14.1. The van der Waals surface area contributed by atoms with Crippen molar-refractivity contribution in [2.24, 2.45) is 0 Å². The summed E-state index contributed by atoms with van der Waals surface area (Å²) in [6, 6.07) is 15.2. The van der Waals surface area contributed by atoms with E-state index in [-0.39, 0.29) is 34.8 Å². The number of ether oxygens (including phenoxy) is 2. The zero-order valence-corrected chi connectivity index (χ0v) is 27.5. The first-order valence-corrected chi connectivity index (χ1v) is 16.5. The summed E-state index contributed by atoms with van der Waals surface area (Å²) in [5.74, 6) is -0.300. The molecule has 0 aromatic heterocycles. The number of rotatable bonds is 12. The highest BCUT2D eigenvalue weighted by Gasteiger charge is 2.34.